The molecule has 2 aromatic rings. The zero-order valence-electron chi connectivity index (χ0n) is 14.5. The van der Waals surface area contributed by atoms with E-state index in [1.165, 1.54) is 62.8 Å². The largest absolute Gasteiger partial charge is 0.330 e. The van der Waals surface area contributed by atoms with Gasteiger partial charge in [-0.15, -0.1) is 0 Å². The van der Waals surface area contributed by atoms with E-state index in [1.54, 1.807) is 0 Å². The molecular formula is C20H28N4. The van der Waals surface area contributed by atoms with Crippen molar-refractivity contribution in [2.45, 2.75) is 70.0 Å². The highest BCUT2D eigenvalue weighted by molar-refractivity contribution is 5.11. The molecule has 2 aliphatic rings. The van der Waals surface area contributed by atoms with Crippen molar-refractivity contribution >= 4 is 0 Å². The van der Waals surface area contributed by atoms with Gasteiger partial charge in [-0.25, -0.2) is 4.98 Å². The molecule has 1 aliphatic carbocycles. The second kappa shape index (κ2) is 7.47. The smallest absolute Gasteiger partial charge is 0.0951 e. The molecule has 4 nitrogen and oxygen atoms in total. The van der Waals surface area contributed by atoms with E-state index in [4.69, 9.17) is 0 Å². The fourth-order valence-electron chi connectivity index (χ4n) is 4.44. The number of aromatic nitrogens is 3. The molecule has 24 heavy (non-hydrogen) atoms. The van der Waals surface area contributed by atoms with Gasteiger partial charge in [0.05, 0.1) is 23.8 Å². The van der Waals surface area contributed by atoms with Gasteiger partial charge in [-0.05, 0) is 44.4 Å². The van der Waals surface area contributed by atoms with Crippen LogP contribution in [-0.2, 0) is 6.54 Å². The number of rotatable bonds is 4. The molecule has 0 bridgehead atoms. The number of pyridine rings is 1. The van der Waals surface area contributed by atoms with Gasteiger partial charge in [0.15, 0.2) is 0 Å². The summed E-state index contributed by atoms with van der Waals surface area (Å²) in [5.41, 5.74) is 2.60. The molecule has 0 radical (unpaired) electrons. The molecule has 128 valence electrons. The molecule has 0 spiro atoms. The molecule has 3 heterocycles. The topological polar surface area (TPSA) is 34.0 Å². The van der Waals surface area contributed by atoms with Crippen LogP contribution in [0, 0.1) is 0 Å². The predicted octanol–water partition coefficient (Wildman–Crippen LogP) is 4.51. The molecule has 4 rings (SSSR count). The Morgan fingerprint density at radius 1 is 1.00 bits per heavy atom. The first-order chi connectivity index (χ1) is 11.9. The maximum Gasteiger partial charge on any atom is 0.0951 e. The van der Waals surface area contributed by atoms with Gasteiger partial charge < -0.3 is 4.57 Å². The fourth-order valence-corrected chi connectivity index (χ4v) is 4.44. The number of likely N-dealkylation sites (tertiary alicyclic amines) is 1. The molecule has 1 saturated heterocycles. The zero-order chi connectivity index (χ0) is 16.2. The first-order valence-electron chi connectivity index (χ1n) is 9.57. The predicted molar refractivity (Wildman–Crippen MR) is 95.6 cm³/mol. The van der Waals surface area contributed by atoms with Crippen LogP contribution >= 0.6 is 0 Å². The molecule has 4 heteroatoms. The van der Waals surface area contributed by atoms with Crippen LogP contribution in [0.5, 0.6) is 0 Å². The van der Waals surface area contributed by atoms with Crippen molar-refractivity contribution in [2.75, 3.05) is 6.54 Å². The van der Waals surface area contributed by atoms with Crippen molar-refractivity contribution in [3.8, 4) is 0 Å². The highest BCUT2D eigenvalue weighted by atomic mass is 15.2. The molecule has 1 atom stereocenters. The Kier molecular flexibility index (Phi) is 4.93. The minimum Gasteiger partial charge on any atom is -0.330 e. The minimum atomic E-state index is 0.453. The molecule has 2 fully saturated rings. The van der Waals surface area contributed by atoms with Crippen molar-refractivity contribution in [3.05, 3.63) is 48.3 Å². The Morgan fingerprint density at radius 3 is 2.71 bits per heavy atom. The SMILES string of the molecule is c1ccc([C@H]2CCCCN2Cc2cncn2C2CCCCC2)nc1. The molecule has 0 aromatic carbocycles. The van der Waals surface area contributed by atoms with E-state index in [0.717, 1.165) is 13.1 Å². The second-order valence-electron chi connectivity index (χ2n) is 7.32. The van der Waals surface area contributed by atoms with E-state index in [0.29, 0.717) is 12.1 Å². The summed E-state index contributed by atoms with van der Waals surface area (Å²) in [7, 11) is 0. The highest BCUT2D eigenvalue weighted by Crippen LogP contribution is 2.33. The summed E-state index contributed by atoms with van der Waals surface area (Å²) < 4.78 is 2.46. The molecule has 0 unspecified atom stereocenters. The van der Waals surface area contributed by atoms with Gasteiger partial charge in [0.1, 0.15) is 0 Å². The fraction of sp³-hybridized carbons (Fsp3) is 0.600. The van der Waals surface area contributed by atoms with Crippen LogP contribution < -0.4 is 0 Å². The van der Waals surface area contributed by atoms with Crippen LogP contribution in [-0.4, -0.2) is 26.0 Å². The van der Waals surface area contributed by atoms with Crippen LogP contribution in [0.4, 0.5) is 0 Å². The van der Waals surface area contributed by atoms with Gasteiger partial charge in [0.25, 0.3) is 0 Å². The number of nitrogens with zero attached hydrogens (tertiary/aromatic N) is 4. The number of piperidine rings is 1. The maximum atomic E-state index is 4.63. The van der Waals surface area contributed by atoms with E-state index in [2.05, 4.69) is 44.1 Å². The molecule has 0 amide bonds. The summed E-state index contributed by atoms with van der Waals surface area (Å²) in [5.74, 6) is 0. The average molecular weight is 324 g/mol. The first-order valence-corrected chi connectivity index (χ1v) is 9.57. The normalized spacial score (nSPS) is 23.4. The van der Waals surface area contributed by atoms with Crippen molar-refractivity contribution in [1.29, 1.82) is 0 Å². The maximum absolute atomic E-state index is 4.63. The third-order valence-corrected chi connectivity index (χ3v) is 5.72. The lowest BCUT2D eigenvalue weighted by Crippen LogP contribution is -2.34. The van der Waals surface area contributed by atoms with E-state index in [-0.39, 0.29) is 0 Å². The van der Waals surface area contributed by atoms with E-state index in [9.17, 15) is 0 Å². The van der Waals surface area contributed by atoms with E-state index in [1.807, 2.05) is 12.3 Å². The number of hydrogen-bond acceptors (Lipinski definition) is 3. The van der Waals surface area contributed by atoms with Crippen molar-refractivity contribution in [1.82, 2.24) is 19.4 Å². The third-order valence-electron chi connectivity index (χ3n) is 5.72. The van der Waals surface area contributed by atoms with E-state index >= 15 is 0 Å². The first kappa shape index (κ1) is 15.8. The molecule has 1 saturated carbocycles. The standard InChI is InChI=1S/C20H28N4/c1-2-8-17(9-3-1)24-16-21-14-18(24)15-23-13-7-5-11-20(23)19-10-4-6-12-22-19/h4,6,10,12,14,16-17,20H,1-3,5,7-9,11,13,15H2/t20-/m1/s1. The lowest BCUT2D eigenvalue weighted by molar-refractivity contribution is 0.132. The van der Waals surface area contributed by atoms with Gasteiger partial charge >= 0.3 is 0 Å². The zero-order valence-corrected chi connectivity index (χ0v) is 14.5. The van der Waals surface area contributed by atoms with Gasteiger partial charge in [-0.2, -0.15) is 0 Å². The van der Waals surface area contributed by atoms with Crippen LogP contribution in [0.1, 0.15) is 74.8 Å². The summed E-state index contributed by atoms with van der Waals surface area (Å²) in [5, 5.41) is 0. The quantitative estimate of drug-likeness (QED) is 0.830. The lowest BCUT2D eigenvalue weighted by Gasteiger charge is -2.36. The van der Waals surface area contributed by atoms with Gasteiger partial charge in [0.2, 0.25) is 0 Å². The van der Waals surface area contributed by atoms with Crippen molar-refractivity contribution in [2.24, 2.45) is 0 Å². The van der Waals surface area contributed by atoms with Gasteiger partial charge in [0, 0.05) is 25.0 Å². The van der Waals surface area contributed by atoms with E-state index < -0.39 is 0 Å². The highest BCUT2D eigenvalue weighted by Gasteiger charge is 2.26. The van der Waals surface area contributed by atoms with Crippen molar-refractivity contribution in [3.63, 3.8) is 0 Å². The van der Waals surface area contributed by atoms with Crippen LogP contribution in [0.3, 0.4) is 0 Å². The summed E-state index contributed by atoms with van der Waals surface area (Å²) in [6.45, 7) is 2.16. The number of hydrogen-bond donors (Lipinski definition) is 0. The Bertz CT molecular complexity index is 630. The molecule has 0 N–H and O–H groups in total. The van der Waals surface area contributed by atoms with Crippen molar-refractivity contribution < 1.29 is 0 Å². The third kappa shape index (κ3) is 3.39. The Balaban J connectivity index is 1.52. The Hall–Kier alpha value is -1.68. The summed E-state index contributed by atoms with van der Waals surface area (Å²) in [6, 6.07) is 7.42. The minimum absolute atomic E-state index is 0.453. The number of imidazole rings is 1. The summed E-state index contributed by atoms with van der Waals surface area (Å²) >= 11 is 0. The molecule has 1 aliphatic heterocycles. The van der Waals surface area contributed by atoms with Crippen LogP contribution in [0.25, 0.3) is 0 Å². The average Bonchev–Trinajstić information content (AvgIpc) is 3.12. The Labute approximate surface area is 144 Å². The Morgan fingerprint density at radius 2 is 1.88 bits per heavy atom. The molecular weight excluding hydrogens is 296 g/mol. The van der Waals surface area contributed by atoms with Gasteiger partial charge in [-0.3, -0.25) is 9.88 Å². The van der Waals surface area contributed by atoms with Gasteiger partial charge in [-0.1, -0.05) is 31.7 Å². The lowest BCUT2D eigenvalue weighted by atomic mass is 9.95. The molecule has 2 aromatic heterocycles. The van der Waals surface area contributed by atoms with Crippen LogP contribution in [0.2, 0.25) is 0 Å². The summed E-state index contributed by atoms with van der Waals surface area (Å²) in [4.78, 5) is 11.7. The second-order valence-corrected chi connectivity index (χ2v) is 7.32. The monoisotopic (exact) mass is 324 g/mol. The van der Waals surface area contributed by atoms with Crippen LogP contribution in [0.15, 0.2) is 36.9 Å². The summed E-state index contributed by atoms with van der Waals surface area (Å²) in [6.07, 6.45) is 16.6.